The normalized spacial score (nSPS) is 16.7. The number of amidine groups is 1. The first-order chi connectivity index (χ1) is 31.8. The average molecular weight is 908 g/mol. The second-order valence-electron chi connectivity index (χ2n) is 16.0. The molecule has 0 radical (unpaired) electrons. The van der Waals surface area contributed by atoms with Gasteiger partial charge < -0.3 is 24.4 Å². The van der Waals surface area contributed by atoms with Gasteiger partial charge in [-0.1, -0.05) is 18.2 Å². The van der Waals surface area contributed by atoms with Crippen LogP contribution in [0.4, 0.5) is 25.1 Å². The Balaban J connectivity index is 0.000000208. The van der Waals surface area contributed by atoms with E-state index in [0.717, 1.165) is 42.9 Å². The van der Waals surface area contributed by atoms with Crippen molar-refractivity contribution < 1.29 is 42.2 Å². The molecule has 0 unspecified atom stereocenters. The van der Waals surface area contributed by atoms with E-state index in [2.05, 4.69) is 20.5 Å². The van der Waals surface area contributed by atoms with Gasteiger partial charge in [0.1, 0.15) is 23.2 Å². The van der Waals surface area contributed by atoms with Gasteiger partial charge >= 0.3 is 6.03 Å². The van der Waals surface area contributed by atoms with E-state index in [1.807, 2.05) is 31.2 Å². The Bertz CT molecular complexity index is 2460. The van der Waals surface area contributed by atoms with Crippen LogP contribution < -0.4 is 29.7 Å². The number of benzene rings is 3. The second kappa shape index (κ2) is 22.2. The second-order valence-corrected chi connectivity index (χ2v) is 16.0. The maximum atomic E-state index is 13.6. The van der Waals surface area contributed by atoms with Crippen LogP contribution in [0, 0.1) is 16.7 Å². The highest BCUT2D eigenvalue weighted by Crippen LogP contribution is 2.33. The molecule has 16 nitrogen and oxygen atoms in total. The highest BCUT2D eigenvalue weighted by molar-refractivity contribution is 6.21. The SMILES string of the molecule is CC#N.CCOc1cc(CN2C(=O)c3cnc(N4CCCCC4)cc3C2=O)ccc1OC.CNc1cc(Oc2ccc(CN3CCCC(F)(F)C3)cc2)ccc1C(=N)N1CCC(=O)NC1=O. The largest absolute Gasteiger partial charge is 0.493 e. The molecule has 5 amide bonds. The number of carbonyl (C=O) groups excluding carboxylic acids is 4. The molecule has 4 aliphatic rings. The summed E-state index contributed by atoms with van der Waals surface area (Å²) in [5.74, 6) is -0.476. The number of nitrogens with one attached hydrogen (secondary N) is 3. The van der Waals surface area contributed by atoms with Gasteiger partial charge in [0.15, 0.2) is 11.5 Å². The Morgan fingerprint density at radius 3 is 2.24 bits per heavy atom. The first kappa shape index (κ1) is 48.3. The maximum Gasteiger partial charge on any atom is 0.329 e. The summed E-state index contributed by atoms with van der Waals surface area (Å²) in [6.07, 6.45) is 5.59. The molecule has 0 atom stereocenters. The molecule has 3 fully saturated rings. The predicted molar refractivity (Wildman–Crippen MR) is 244 cm³/mol. The van der Waals surface area contributed by atoms with Crippen molar-refractivity contribution in [1.82, 2.24) is 25.0 Å². The highest BCUT2D eigenvalue weighted by atomic mass is 19.3. The fourth-order valence-corrected chi connectivity index (χ4v) is 8.05. The lowest BCUT2D eigenvalue weighted by Crippen LogP contribution is -2.51. The number of aromatic nitrogens is 1. The summed E-state index contributed by atoms with van der Waals surface area (Å²) >= 11 is 0. The zero-order valence-electron chi connectivity index (χ0n) is 37.6. The number of carbonyl (C=O) groups is 4. The Labute approximate surface area is 382 Å². The molecule has 8 rings (SSSR count). The van der Waals surface area contributed by atoms with Gasteiger partial charge in [-0.3, -0.25) is 39.8 Å². The molecule has 0 saturated carbocycles. The third-order valence-corrected chi connectivity index (χ3v) is 11.3. The predicted octanol–water partition coefficient (Wildman–Crippen LogP) is 7.82. The van der Waals surface area contributed by atoms with Crippen molar-refractivity contribution in [3.05, 3.63) is 101 Å². The molecule has 0 bridgehead atoms. The number of nitrogens with zero attached hydrogens (tertiary/aromatic N) is 6. The average Bonchev–Trinajstić information content (AvgIpc) is 3.54. The van der Waals surface area contributed by atoms with E-state index >= 15 is 0 Å². The van der Waals surface area contributed by atoms with Gasteiger partial charge in [-0.15, -0.1) is 0 Å². The zero-order valence-corrected chi connectivity index (χ0v) is 37.6. The number of ether oxygens (including phenoxy) is 3. The number of rotatable bonds is 12. The van der Waals surface area contributed by atoms with Crippen LogP contribution in [0.3, 0.4) is 0 Å². The number of amides is 5. The lowest BCUT2D eigenvalue weighted by Gasteiger charge is -2.32. The van der Waals surface area contributed by atoms with Gasteiger partial charge in [-0.25, -0.2) is 18.6 Å². The van der Waals surface area contributed by atoms with Gasteiger partial charge in [-0.2, -0.15) is 5.26 Å². The number of fused-ring (bicyclic) bond motifs is 1. The smallest absolute Gasteiger partial charge is 0.329 e. The summed E-state index contributed by atoms with van der Waals surface area (Å²) in [5, 5.41) is 21.0. The van der Waals surface area contributed by atoms with Crippen LogP contribution in [0.2, 0.25) is 0 Å². The molecular formula is C48H55F2N9O7. The summed E-state index contributed by atoms with van der Waals surface area (Å²) < 4.78 is 44.1. The minimum Gasteiger partial charge on any atom is -0.493 e. The first-order valence-corrected chi connectivity index (χ1v) is 21.9. The highest BCUT2D eigenvalue weighted by Gasteiger charge is 2.37. The van der Waals surface area contributed by atoms with Crippen LogP contribution in [0.1, 0.15) is 89.8 Å². The van der Waals surface area contributed by atoms with Gasteiger partial charge in [-0.05, 0) is 92.7 Å². The standard InChI is InChI=1S/C24H27F2N5O3.C22H25N3O4.C2H3N/c1-28-20-13-18(7-8-19(20)22(27)31-12-9-21(32)29-23(31)33)34-17-5-3-16(4-6-17)14-30-11-2-10-24(25,26)15-30;1-3-29-19-11-15(7-8-18(19)28-2)14-25-21(26)16-12-20(23-13-17(16)22(25)27)24-9-5-4-6-10-24;1-2-3/h3-8,13,27-28H,2,9-12,14-15H2,1H3,(H,29,32,33);7-8,11-13H,3-6,9-10,14H2,1-2H3;1H3. The number of alkyl halides is 2. The molecule has 348 valence electrons. The summed E-state index contributed by atoms with van der Waals surface area (Å²) in [6.45, 7) is 6.93. The molecule has 0 aliphatic carbocycles. The van der Waals surface area contributed by atoms with Crippen molar-refractivity contribution in [3.63, 3.8) is 0 Å². The van der Waals surface area contributed by atoms with Crippen LogP contribution in [0.15, 0.2) is 72.9 Å². The summed E-state index contributed by atoms with van der Waals surface area (Å²) in [4.78, 5) is 60.2. The molecule has 0 spiro atoms. The van der Waals surface area contributed by atoms with Gasteiger partial charge in [0.2, 0.25) is 5.91 Å². The van der Waals surface area contributed by atoms with Crippen LogP contribution >= 0.6 is 0 Å². The third-order valence-electron chi connectivity index (χ3n) is 11.3. The number of hydrogen-bond donors (Lipinski definition) is 3. The number of pyridine rings is 1. The molecule has 18 heteroatoms. The van der Waals surface area contributed by atoms with Crippen molar-refractivity contribution in [2.24, 2.45) is 0 Å². The molecule has 5 heterocycles. The summed E-state index contributed by atoms with van der Waals surface area (Å²) in [5.41, 5.74) is 3.62. The number of halogens is 2. The Kier molecular flexibility index (Phi) is 16.2. The molecule has 3 N–H and O–H groups in total. The molecule has 4 aliphatic heterocycles. The van der Waals surface area contributed by atoms with Crippen molar-refractivity contribution in [2.45, 2.75) is 71.4 Å². The molecule has 4 aromatic rings. The lowest BCUT2D eigenvalue weighted by molar-refractivity contribution is -0.121. The number of imide groups is 2. The van der Waals surface area contributed by atoms with Crippen LogP contribution in [0.25, 0.3) is 0 Å². The van der Waals surface area contributed by atoms with Crippen molar-refractivity contribution in [1.29, 1.82) is 10.7 Å². The van der Waals surface area contributed by atoms with Crippen molar-refractivity contribution >= 4 is 41.1 Å². The van der Waals surface area contributed by atoms with E-state index < -0.39 is 12.0 Å². The van der Waals surface area contributed by atoms with Gasteiger partial charge in [0.05, 0.1) is 44.0 Å². The number of likely N-dealkylation sites (tertiary alicyclic amines) is 1. The topological polar surface area (TPSA) is 194 Å². The zero-order chi connectivity index (χ0) is 47.4. The number of nitriles is 1. The van der Waals surface area contributed by atoms with E-state index in [4.69, 9.17) is 24.9 Å². The Hall–Kier alpha value is -7.13. The number of urea groups is 1. The third kappa shape index (κ3) is 12.0. The Morgan fingerprint density at radius 1 is 0.879 bits per heavy atom. The molecule has 3 saturated heterocycles. The lowest BCUT2D eigenvalue weighted by atomic mass is 10.1. The number of methoxy groups -OCH3 is 1. The summed E-state index contributed by atoms with van der Waals surface area (Å²) in [7, 11) is 3.28. The number of anilines is 2. The fourth-order valence-electron chi connectivity index (χ4n) is 8.05. The van der Waals surface area contributed by atoms with Crippen LogP contribution in [-0.4, -0.2) is 109 Å². The van der Waals surface area contributed by atoms with Crippen molar-refractivity contribution in [2.75, 3.05) is 63.7 Å². The summed E-state index contributed by atoms with van der Waals surface area (Å²) in [6, 6.07) is 20.7. The van der Waals surface area contributed by atoms with E-state index in [0.29, 0.717) is 71.5 Å². The monoisotopic (exact) mass is 907 g/mol. The maximum absolute atomic E-state index is 13.6. The van der Waals surface area contributed by atoms with Gasteiger partial charge in [0, 0.05) is 76.5 Å². The first-order valence-electron chi connectivity index (χ1n) is 21.9. The molecule has 1 aromatic heterocycles. The van der Waals surface area contributed by atoms with E-state index in [9.17, 15) is 28.0 Å². The van der Waals surface area contributed by atoms with E-state index in [1.165, 1.54) is 23.1 Å². The van der Waals surface area contributed by atoms with Crippen molar-refractivity contribution in [3.8, 4) is 29.1 Å². The minimum atomic E-state index is -2.62. The molecular weight excluding hydrogens is 853 g/mol. The molecule has 66 heavy (non-hydrogen) atoms. The van der Waals surface area contributed by atoms with Gasteiger partial charge in [0.25, 0.3) is 17.7 Å². The number of piperidine rings is 2. The molecule has 3 aromatic carbocycles. The van der Waals surface area contributed by atoms with Crippen LogP contribution in [0.5, 0.6) is 23.0 Å². The minimum absolute atomic E-state index is 0.0199. The van der Waals surface area contributed by atoms with E-state index in [-0.39, 0.29) is 56.0 Å². The Morgan fingerprint density at radius 2 is 1.58 bits per heavy atom. The van der Waals surface area contributed by atoms with Crippen LogP contribution in [-0.2, 0) is 17.9 Å². The fraction of sp³-hybridized carbons (Fsp3) is 0.396. The quantitative estimate of drug-likeness (QED) is 0.0710. The number of hydrogen-bond acceptors (Lipinski definition) is 13. The van der Waals surface area contributed by atoms with E-state index in [1.54, 1.807) is 73.8 Å².